The normalized spacial score (nSPS) is 11.9. The Morgan fingerprint density at radius 1 is 1.11 bits per heavy atom. The fraction of sp³-hybridized carbons (Fsp3) is 0.360. The summed E-state index contributed by atoms with van der Waals surface area (Å²) in [6, 6.07) is 12.0. The molecule has 0 aliphatic carbocycles. The SMILES string of the molecule is COC(=O)C[C@@H](C)n1c(=O)nc(Nc2ccc(OC(C)C)c(Cl)c2)n(Cc2ccc(C)cc2)c1=O. The first kappa shape index (κ1) is 26.0. The molecule has 9 nitrogen and oxygen atoms in total. The fourth-order valence-electron chi connectivity index (χ4n) is 3.47. The van der Waals surface area contributed by atoms with E-state index in [1.165, 1.54) is 11.7 Å². The third-order valence-corrected chi connectivity index (χ3v) is 5.54. The second-order valence-electron chi connectivity index (χ2n) is 8.51. The molecular formula is C25H29ClN4O5. The lowest BCUT2D eigenvalue weighted by Gasteiger charge is -2.19. The molecule has 0 unspecified atom stereocenters. The van der Waals surface area contributed by atoms with Crippen LogP contribution in [0, 0.1) is 6.92 Å². The molecule has 0 fully saturated rings. The number of aromatic nitrogens is 3. The molecule has 0 amide bonds. The van der Waals surface area contributed by atoms with Gasteiger partial charge in [0.1, 0.15) is 5.75 Å². The molecule has 1 heterocycles. The van der Waals surface area contributed by atoms with Crippen LogP contribution in [0.15, 0.2) is 52.1 Å². The van der Waals surface area contributed by atoms with E-state index in [0.29, 0.717) is 16.5 Å². The molecule has 35 heavy (non-hydrogen) atoms. The quantitative estimate of drug-likeness (QED) is 0.441. The van der Waals surface area contributed by atoms with E-state index in [1.807, 2.05) is 45.0 Å². The van der Waals surface area contributed by atoms with Crippen molar-refractivity contribution in [2.45, 2.75) is 52.8 Å². The standard InChI is InChI=1S/C25H29ClN4O5/c1-15(2)35-21-11-10-19(13-20(21)26)27-23-28-24(32)30(17(4)12-22(31)34-5)25(33)29(23)14-18-8-6-16(3)7-9-18/h6-11,13,15,17H,12,14H2,1-5H3,(H,27,28,32)/t17-/m1/s1. The van der Waals surface area contributed by atoms with Crippen molar-refractivity contribution >= 4 is 29.2 Å². The molecule has 0 bridgehead atoms. The molecule has 0 saturated heterocycles. The summed E-state index contributed by atoms with van der Waals surface area (Å²) in [5.41, 5.74) is 1.06. The maximum Gasteiger partial charge on any atom is 0.355 e. The van der Waals surface area contributed by atoms with E-state index in [9.17, 15) is 14.4 Å². The summed E-state index contributed by atoms with van der Waals surface area (Å²) in [7, 11) is 1.25. The van der Waals surface area contributed by atoms with Crippen LogP contribution >= 0.6 is 11.6 Å². The number of nitrogens with zero attached hydrogens (tertiary/aromatic N) is 3. The number of benzene rings is 2. The van der Waals surface area contributed by atoms with E-state index in [0.717, 1.165) is 15.7 Å². The van der Waals surface area contributed by atoms with Crippen LogP contribution in [0.2, 0.25) is 5.02 Å². The van der Waals surface area contributed by atoms with Gasteiger partial charge in [0.25, 0.3) is 0 Å². The molecule has 186 valence electrons. The summed E-state index contributed by atoms with van der Waals surface area (Å²) in [6.07, 6.45) is -0.190. The molecule has 0 spiro atoms. The van der Waals surface area contributed by atoms with Gasteiger partial charge in [-0.25, -0.2) is 14.2 Å². The number of hydrogen-bond acceptors (Lipinski definition) is 7. The number of anilines is 2. The average molecular weight is 501 g/mol. The third-order valence-electron chi connectivity index (χ3n) is 5.24. The number of ether oxygens (including phenoxy) is 2. The molecule has 10 heteroatoms. The summed E-state index contributed by atoms with van der Waals surface area (Å²) in [6.45, 7) is 7.51. The van der Waals surface area contributed by atoms with Crippen LogP contribution in [0.5, 0.6) is 5.75 Å². The van der Waals surface area contributed by atoms with Gasteiger partial charge in [0, 0.05) is 5.69 Å². The minimum absolute atomic E-state index is 0.0489. The summed E-state index contributed by atoms with van der Waals surface area (Å²) in [4.78, 5) is 42.2. The zero-order chi connectivity index (χ0) is 25.7. The fourth-order valence-corrected chi connectivity index (χ4v) is 3.70. The highest BCUT2D eigenvalue weighted by molar-refractivity contribution is 6.32. The monoisotopic (exact) mass is 500 g/mol. The van der Waals surface area contributed by atoms with Gasteiger partial charge >= 0.3 is 17.3 Å². The van der Waals surface area contributed by atoms with E-state index in [1.54, 1.807) is 25.1 Å². The van der Waals surface area contributed by atoms with Crippen molar-refractivity contribution in [3.8, 4) is 5.75 Å². The zero-order valence-electron chi connectivity index (χ0n) is 20.4. The predicted molar refractivity (Wildman–Crippen MR) is 135 cm³/mol. The number of halogens is 1. The highest BCUT2D eigenvalue weighted by Crippen LogP contribution is 2.29. The van der Waals surface area contributed by atoms with Gasteiger partial charge in [-0.3, -0.25) is 9.36 Å². The molecule has 3 aromatic rings. The molecular weight excluding hydrogens is 472 g/mol. The maximum absolute atomic E-state index is 13.5. The van der Waals surface area contributed by atoms with Gasteiger partial charge in [-0.05, 0) is 51.5 Å². The van der Waals surface area contributed by atoms with Gasteiger partial charge in [-0.2, -0.15) is 4.98 Å². The Morgan fingerprint density at radius 3 is 2.40 bits per heavy atom. The van der Waals surface area contributed by atoms with Crippen molar-refractivity contribution in [2.75, 3.05) is 12.4 Å². The maximum atomic E-state index is 13.5. The molecule has 0 saturated carbocycles. The van der Waals surface area contributed by atoms with Crippen LogP contribution < -0.4 is 21.4 Å². The molecule has 2 aromatic carbocycles. The van der Waals surface area contributed by atoms with Crippen LogP contribution in [-0.2, 0) is 16.1 Å². The van der Waals surface area contributed by atoms with Crippen molar-refractivity contribution in [3.63, 3.8) is 0 Å². The van der Waals surface area contributed by atoms with E-state index in [4.69, 9.17) is 16.3 Å². The van der Waals surface area contributed by atoms with E-state index < -0.39 is 23.4 Å². The van der Waals surface area contributed by atoms with E-state index >= 15 is 0 Å². The van der Waals surface area contributed by atoms with E-state index in [-0.39, 0.29) is 25.0 Å². The summed E-state index contributed by atoms with van der Waals surface area (Å²) in [5.74, 6) is 0.0365. The number of carbonyl (C=O) groups is 1. The number of methoxy groups -OCH3 is 1. The summed E-state index contributed by atoms with van der Waals surface area (Å²) in [5, 5.41) is 3.40. The number of carbonyl (C=O) groups excluding carboxylic acids is 1. The van der Waals surface area contributed by atoms with Crippen LogP contribution in [0.3, 0.4) is 0 Å². The Balaban J connectivity index is 2.06. The highest BCUT2D eigenvalue weighted by atomic mass is 35.5. The molecule has 0 aliphatic heterocycles. The lowest BCUT2D eigenvalue weighted by molar-refractivity contribution is -0.141. The Kier molecular flexibility index (Phi) is 8.34. The second-order valence-corrected chi connectivity index (χ2v) is 8.92. The first-order chi connectivity index (χ1) is 16.6. The van der Waals surface area contributed by atoms with Crippen molar-refractivity contribution in [1.82, 2.24) is 14.1 Å². The van der Waals surface area contributed by atoms with Gasteiger partial charge < -0.3 is 14.8 Å². The van der Waals surface area contributed by atoms with Gasteiger partial charge in [-0.15, -0.1) is 0 Å². The van der Waals surface area contributed by atoms with Crippen LogP contribution in [0.25, 0.3) is 0 Å². The molecule has 0 radical (unpaired) electrons. The van der Waals surface area contributed by atoms with Crippen molar-refractivity contribution in [3.05, 3.63) is 79.6 Å². The average Bonchev–Trinajstić information content (AvgIpc) is 2.79. The van der Waals surface area contributed by atoms with Gasteiger partial charge in [0.05, 0.1) is 37.2 Å². The third kappa shape index (κ3) is 6.51. The van der Waals surface area contributed by atoms with E-state index in [2.05, 4.69) is 15.0 Å². The zero-order valence-corrected chi connectivity index (χ0v) is 21.1. The van der Waals surface area contributed by atoms with Crippen molar-refractivity contribution in [2.24, 2.45) is 0 Å². The predicted octanol–water partition coefficient (Wildman–Crippen LogP) is 4.07. The Bertz CT molecular complexity index is 1310. The van der Waals surface area contributed by atoms with Gasteiger partial charge in [-0.1, -0.05) is 41.4 Å². The number of aryl methyl sites for hydroxylation is 1. The smallest absolute Gasteiger partial charge is 0.355 e. The topological polar surface area (TPSA) is 104 Å². The molecule has 1 aromatic heterocycles. The first-order valence-electron chi connectivity index (χ1n) is 11.2. The number of rotatable bonds is 9. The lowest BCUT2D eigenvalue weighted by atomic mass is 10.1. The largest absolute Gasteiger partial charge is 0.489 e. The lowest BCUT2D eigenvalue weighted by Crippen LogP contribution is -2.44. The molecule has 1 N–H and O–H groups in total. The molecule has 0 aliphatic rings. The van der Waals surface area contributed by atoms with Crippen LogP contribution in [0.1, 0.15) is 44.4 Å². The second kappa shape index (κ2) is 11.2. The number of hydrogen-bond donors (Lipinski definition) is 1. The Morgan fingerprint density at radius 2 is 1.80 bits per heavy atom. The van der Waals surface area contributed by atoms with Crippen molar-refractivity contribution < 1.29 is 14.3 Å². The highest BCUT2D eigenvalue weighted by Gasteiger charge is 2.20. The summed E-state index contributed by atoms with van der Waals surface area (Å²) < 4.78 is 12.7. The number of nitrogens with one attached hydrogen (secondary N) is 1. The first-order valence-corrected chi connectivity index (χ1v) is 11.6. The minimum atomic E-state index is -0.778. The number of esters is 1. The van der Waals surface area contributed by atoms with Gasteiger partial charge in [0.15, 0.2) is 0 Å². The van der Waals surface area contributed by atoms with Crippen LogP contribution in [-0.4, -0.2) is 33.3 Å². The Labute approximate surface area is 208 Å². The Hall–Kier alpha value is -3.59. The van der Waals surface area contributed by atoms with Crippen molar-refractivity contribution in [1.29, 1.82) is 0 Å². The van der Waals surface area contributed by atoms with Gasteiger partial charge in [0.2, 0.25) is 5.95 Å². The minimum Gasteiger partial charge on any atom is -0.489 e. The molecule has 3 rings (SSSR count). The molecule has 1 atom stereocenters. The van der Waals surface area contributed by atoms with Crippen LogP contribution in [0.4, 0.5) is 11.6 Å². The summed E-state index contributed by atoms with van der Waals surface area (Å²) >= 11 is 6.35.